The second-order valence-corrected chi connectivity index (χ2v) is 8.75. The summed E-state index contributed by atoms with van der Waals surface area (Å²) < 4.78 is 25.9. The van der Waals surface area contributed by atoms with E-state index in [1.165, 1.54) is 51.4 Å². The zero-order valence-electron chi connectivity index (χ0n) is 20.4. The number of fused-ring (bicyclic) bond motifs is 1. The van der Waals surface area contributed by atoms with E-state index < -0.39 is 11.4 Å². The predicted molar refractivity (Wildman–Crippen MR) is 137 cm³/mol. The van der Waals surface area contributed by atoms with Gasteiger partial charge in [-0.2, -0.15) is 0 Å². The lowest BCUT2D eigenvalue weighted by Gasteiger charge is -2.09. The van der Waals surface area contributed by atoms with E-state index in [1.54, 1.807) is 18.2 Å². The highest BCUT2D eigenvalue weighted by atomic mass is 19.1. The van der Waals surface area contributed by atoms with E-state index in [1.807, 2.05) is 6.08 Å². The van der Waals surface area contributed by atoms with E-state index in [9.17, 15) is 9.18 Å². The molecule has 33 heavy (non-hydrogen) atoms. The topological polar surface area (TPSA) is 39.4 Å². The lowest BCUT2D eigenvalue weighted by Crippen LogP contribution is -2.07. The molecule has 0 bridgehead atoms. The van der Waals surface area contributed by atoms with Gasteiger partial charge in [-0.05, 0) is 43.2 Å². The van der Waals surface area contributed by atoms with Crippen LogP contribution < -0.4 is 10.4 Å². The lowest BCUT2D eigenvalue weighted by atomic mass is 10.1. The maximum Gasteiger partial charge on any atom is 0.346 e. The summed E-state index contributed by atoms with van der Waals surface area (Å²) in [7, 11) is 0. The number of allylic oxidation sites excluding steroid dienone is 3. The van der Waals surface area contributed by atoms with Gasteiger partial charge in [-0.1, -0.05) is 89.0 Å². The normalized spacial score (nSPS) is 11.5. The van der Waals surface area contributed by atoms with Gasteiger partial charge in [0.05, 0.1) is 6.61 Å². The number of unbranched alkanes of at least 4 members (excludes halogenated alkanes) is 10. The molecule has 3 nitrogen and oxygen atoms in total. The largest absolute Gasteiger partial charge is 0.490 e. The van der Waals surface area contributed by atoms with Gasteiger partial charge in [-0.15, -0.1) is 6.58 Å². The predicted octanol–water partition coefficient (Wildman–Crippen LogP) is 8.69. The summed E-state index contributed by atoms with van der Waals surface area (Å²) >= 11 is 0. The van der Waals surface area contributed by atoms with Crippen LogP contribution >= 0.6 is 0 Å². The fourth-order valence-corrected chi connectivity index (χ4v) is 3.95. The van der Waals surface area contributed by atoms with Gasteiger partial charge in [0.15, 0.2) is 11.6 Å². The quantitative estimate of drug-likeness (QED) is 0.166. The molecule has 0 aliphatic heterocycles. The average Bonchev–Trinajstić information content (AvgIpc) is 2.81. The van der Waals surface area contributed by atoms with Gasteiger partial charge in [0.2, 0.25) is 0 Å². The summed E-state index contributed by atoms with van der Waals surface area (Å²) in [5, 5.41) is 0.529. The van der Waals surface area contributed by atoms with Crippen LogP contribution in [-0.2, 0) is 6.42 Å². The zero-order valence-corrected chi connectivity index (χ0v) is 20.4. The Morgan fingerprint density at radius 2 is 1.61 bits per heavy atom. The van der Waals surface area contributed by atoms with E-state index in [4.69, 9.17) is 9.15 Å². The van der Waals surface area contributed by atoms with Gasteiger partial charge in [-0.3, -0.25) is 0 Å². The number of benzene rings is 1. The Kier molecular flexibility index (Phi) is 13.3. The number of hydrogen-bond acceptors (Lipinski definition) is 3. The summed E-state index contributed by atoms with van der Waals surface area (Å²) in [5.74, 6) is 0.0760. The molecule has 0 saturated carbocycles. The van der Waals surface area contributed by atoms with E-state index in [0.717, 1.165) is 32.1 Å². The molecule has 0 atom stereocenters. The lowest BCUT2D eigenvalue weighted by molar-refractivity contribution is 0.291. The Labute approximate surface area is 198 Å². The third-order valence-electron chi connectivity index (χ3n) is 5.90. The number of hydrogen-bond donors (Lipinski definition) is 0. The fraction of sp³-hybridized carbons (Fsp3) is 0.552. The van der Waals surface area contributed by atoms with E-state index in [0.29, 0.717) is 24.2 Å². The molecular weight excluding hydrogens is 415 g/mol. The molecule has 2 aromatic rings. The second kappa shape index (κ2) is 16.3. The summed E-state index contributed by atoms with van der Waals surface area (Å²) in [6.07, 6.45) is 21.7. The highest BCUT2D eigenvalue weighted by Gasteiger charge is 2.14. The molecule has 0 N–H and O–H groups in total. The maximum absolute atomic E-state index is 14.9. The van der Waals surface area contributed by atoms with Crippen molar-refractivity contribution in [2.24, 2.45) is 0 Å². The SMILES string of the molecule is C=CCC/C=C/CCc1cc2ccc(OCCCCCCCCCCCC)c(F)c2c(=O)o1. The van der Waals surface area contributed by atoms with Crippen LogP contribution in [0.5, 0.6) is 5.75 Å². The van der Waals surface area contributed by atoms with Gasteiger partial charge < -0.3 is 9.15 Å². The molecule has 1 aromatic heterocycles. The first-order valence-corrected chi connectivity index (χ1v) is 12.8. The van der Waals surface area contributed by atoms with Crippen molar-refractivity contribution in [3.05, 3.63) is 65.0 Å². The second-order valence-electron chi connectivity index (χ2n) is 8.75. The van der Waals surface area contributed by atoms with Gasteiger partial charge in [0, 0.05) is 6.42 Å². The van der Waals surface area contributed by atoms with Gasteiger partial charge >= 0.3 is 5.63 Å². The number of halogens is 1. The van der Waals surface area contributed by atoms with Crippen LogP contribution in [0.25, 0.3) is 10.8 Å². The van der Waals surface area contributed by atoms with Crippen molar-refractivity contribution >= 4 is 10.8 Å². The minimum absolute atomic E-state index is 0.0270. The number of aryl methyl sites for hydroxylation is 1. The highest BCUT2D eigenvalue weighted by Crippen LogP contribution is 2.25. The first-order chi connectivity index (χ1) is 16.2. The van der Waals surface area contributed by atoms with Crippen LogP contribution in [0.15, 0.2) is 52.2 Å². The van der Waals surface area contributed by atoms with Crippen LogP contribution in [0, 0.1) is 5.82 Å². The Morgan fingerprint density at radius 3 is 2.30 bits per heavy atom. The molecule has 0 spiro atoms. The third kappa shape index (κ3) is 9.98. The van der Waals surface area contributed by atoms with Crippen molar-refractivity contribution in [2.45, 2.75) is 96.8 Å². The van der Waals surface area contributed by atoms with E-state index >= 15 is 0 Å². The van der Waals surface area contributed by atoms with Crippen molar-refractivity contribution in [2.75, 3.05) is 6.61 Å². The highest BCUT2D eigenvalue weighted by molar-refractivity contribution is 5.83. The molecule has 0 fully saturated rings. The van der Waals surface area contributed by atoms with Crippen LogP contribution in [0.3, 0.4) is 0 Å². The van der Waals surface area contributed by atoms with Gasteiger partial charge in [0.25, 0.3) is 0 Å². The van der Waals surface area contributed by atoms with E-state index in [2.05, 4.69) is 25.7 Å². The van der Waals surface area contributed by atoms with Crippen molar-refractivity contribution in [1.82, 2.24) is 0 Å². The first kappa shape index (κ1) is 26.9. The molecule has 182 valence electrons. The standard InChI is InChI=1S/C29H41FO3/c1-3-5-7-9-11-12-13-14-16-18-22-32-26-21-20-24-23-25(19-17-15-10-8-6-4-2)33-29(31)27(24)28(26)30/h4,10,15,20-21,23H,2-3,5-9,11-14,16-19,22H2,1H3/b15-10+. The van der Waals surface area contributed by atoms with Crippen molar-refractivity contribution < 1.29 is 13.5 Å². The van der Waals surface area contributed by atoms with Crippen LogP contribution in [-0.4, -0.2) is 6.61 Å². The molecule has 0 amide bonds. The van der Waals surface area contributed by atoms with Crippen LogP contribution in [0.2, 0.25) is 0 Å². The summed E-state index contributed by atoms with van der Waals surface area (Å²) in [6.45, 7) is 6.40. The monoisotopic (exact) mass is 456 g/mol. The molecule has 1 aromatic carbocycles. The van der Waals surface area contributed by atoms with Crippen LogP contribution in [0.1, 0.15) is 96.2 Å². The maximum atomic E-state index is 14.9. The Morgan fingerprint density at radius 1 is 0.939 bits per heavy atom. The van der Waals surface area contributed by atoms with Crippen molar-refractivity contribution in [1.29, 1.82) is 0 Å². The van der Waals surface area contributed by atoms with Gasteiger partial charge in [-0.25, -0.2) is 9.18 Å². The average molecular weight is 457 g/mol. The molecule has 0 aliphatic rings. The molecule has 0 saturated heterocycles. The number of rotatable bonds is 18. The summed E-state index contributed by atoms with van der Waals surface area (Å²) in [5.41, 5.74) is -0.639. The molecule has 2 rings (SSSR count). The van der Waals surface area contributed by atoms with E-state index in [-0.39, 0.29) is 11.1 Å². The van der Waals surface area contributed by atoms with Gasteiger partial charge in [0.1, 0.15) is 11.1 Å². The fourth-order valence-electron chi connectivity index (χ4n) is 3.95. The zero-order chi connectivity index (χ0) is 23.7. The Bertz CT molecular complexity index is 913. The molecule has 0 unspecified atom stereocenters. The van der Waals surface area contributed by atoms with Crippen molar-refractivity contribution in [3.63, 3.8) is 0 Å². The van der Waals surface area contributed by atoms with Crippen molar-refractivity contribution in [3.8, 4) is 5.75 Å². The summed E-state index contributed by atoms with van der Waals surface area (Å²) in [4.78, 5) is 12.4. The molecule has 1 heterocycles. The molecule has 4 heteroatoms. The Hall–Kier alpha value is -2.36. The minimum atomic E-state index is -0.639. The summed E-state index contributed by atoms with van der Waals surface area (Å²) in [6, 6.07) is 5.11. The molecule has 0 radical (unpaired) electrons. The minimum Gasteiger partial charge on any atom is -0.490 e. The first-order valence-electron chi connectivity index (χ1n) is 12.8. The number of ether oxygens (including phenoxy) is 1. The smallest absolute Gasteiger partial charge is 0.346 e. The van der Waals surface area contributed by atoms with Crippen LogP contribution in [0.4, 0.5) is 4.39 Å². The molecular formula is C29H41FO3. The third-order valence-corrected chi connectivity index (χ3v) is 5.90. The Balaban J connectivity index is 1.77. The molecule has 0 aliphatic carbocycles.